The number of nitrogens with zero attached hydrogens (tertiary/aromatic N) is 1. The lowest BCUT2D eigenvalue weighted by molar-refractivity contribution is -0.283. The second-order valence-electron chi connectivity index (χ2n) is 6.11. The van der Waals surface area contributed by atoms with Gasteiger partial charge in [0.15, 0.2) is 5.03 Å². The van der Waals surface area contributed by atoms with Crippen LogP contribution in [0.1, 0.15) is 5.69 Å². The third-order valence-corrected chi connectivity index (χ3v) is 9.02. The van der Waals surface area contributed by atoms with Crippen molar-refractivity contribution in [2.24, 2.45) is 7.05 Å². The Hall–Kier alpha value is -1.80. The highest BCUT2D eigenvalue weighted by atomic mass is 35.5. The monoisotopic (exact) mass is 525 g/mol. The fourth-order valence-electron chi connectivity index (χ4n) is 2.59. The summed E-state index contributed by atoms with van der Waals surface area (Å²) in [5.74, 6) is 0. The Labute approximate surface area is 193 Å². The standard InChI is InChI=1S/C17H17Cl2N3O6S3/c1-22-11(10-28-27-2)5-6-16(22)30(23,24)20-14-8-12(18)13(19)9-15(14)21-31(25,26)17-4-3-7-29-17/h3-9,20-21H,10H2,1-2H3. The third-order valence-electron chi connectivity index (χ3n) is 4.09. The van der Waals surface area contributed by atoms with Gasteiger partial charge >= 0.3 is 0 Å². The molecule has 0 bridgehead atoms. The van der Waals surface area contributed by atoms with Crippen molar-refractivity contribution in [1.29, 1.82) is 0 Å². The summed E-state index contributed by atoms with van der Waals surface area (Å²) >= 11 is 13.1. The van der Waals surface area contributed by atoms with E-state index in [2.05, 4.69) is 14.3 Å². The summed E-state index contributed by atoms with van der Waals surface area (Å²) in [6, 6.07) is 8.40. The summed E-state index contributed by atoms with van der Waals surface area (Å²) in [4.78, 5) is 9.38. The Morgan fingerprint density at radius 1 is 1.00 bits per heavy atom. The zero-order valence-electron chi connectivity index (χ0n) is 16.1. The lowest BCUT2D eigenvalue weighted by Crippen LogP contribution is -2.19. The zero-order valence-corrected chi connectivity index (χ0v) is 20.1. The van der Waals surface area contributed by atoms with E-state index in [1.807, 2.05) is 0 Å². The number of anilines is 2. The van der Waals surface area contributed by atoms with Crippen LogP contribution in [0.2, 0.25) is 10.0 Å². The Kier molecular flexibility index (Phi) is 7.21. The molecule has 31 heavy (non-hydrogen) atoms. The molecule has 0 aliphatic heterocycles. The molecule has 0 unspecified atom stereocenters. The minimum absolute atomic E-state index is 0.0289. The van der Waals surface area contributed by atoms with E-state index in [0.29, 0.717) is 5.69 Å². The Morgan fingerprint density at radius 2 is 1.61 bits per heavy atom. The molecule has 3 rings (SSSR count). The predicted octanol–water partition coefficient (Wildman–Crippen LogP) is 4.07. The molecular weight excluding hydrogens is 509 g/mol. The van der Waals surface area contributed by atoms with Crippen LogP contribution in [0, 0.1) is 0 Å². The van der Waals surface area contributed by atoms with Crippen molar-refractivity contribution < 1.29 is 26.6 Å². The summed E-state index contributed by atoms with van der Waals surface area (Å²) in [5.41, 5.74) is 0.365. The van der Waals surface area contributed by atoms with Gasteiger partial charge in [-0.2, -0.15) is 8.42 Å². The van der Waals surface area contributed by atoms with Crippen LogP contribution < -0.4 is 9.44 Å². The number of thiophene rings is 1. The first-order valence-corrected chi connectivity index (χ1v) is 13.0. The largest absolute Gasteiger partial charge is 0.335 e. The van der Waals surface area contributed by atoms with Crippen molar-refractivity contribution in [2.75, 3.05) is 16.6 Å². The molecule has 0 spiro atoms. The number of rotatable bonds is 9. The molecule has 0 amide bonds. The lowest BCUT2D eigenvalue weighted by Gasteiger charge is -2.16. The number of aromatic nitrogens is 1. The second kappa shape index (κ2) is 9.36. The van der Waals surface area contributed by atoms with Crippen molar-refractivity contribution in [1.82, 2.24) is 4.57 Å². The first kappa shape index (κ1) is 23.9. The molecule has 0 aliphatic rings. The number of nitrogens with one attached hydrogen (secondary N) is 2. The molecule has 0 radical (unpaired) electrons. The highest BCUT2D eigenvalue weighted by Gasteiger charge is 2.24. The number of benzene rings is 1. The van der Waals surface area contributed by atoms with Crippen LogP contribution in [-0.4, -0.2) is 28.5 Å². The van der Waals surface area contributed by atoms with Gasteiger partial charge in [-0.3, -0.25) is 9.44 Å². The van der Waals surface area contributed by atoms with E-state index < -0.39 is 20.0 Å². The number of sulfonamides is 2. The van der Waals surface area contributed by atoms with Crippen molar-refractivity contribution >= 4 is 66.0 Å². The van der Waals surface area contributed by atoms with Gasteiger partial charge in [-0.05, 0) is 35.7 Å². The first-order valence-electron chi connectivity index (χ1n) is 8.43. The normalized spacial score (nSPS) is 12.1. The number of halogens is 2. The van der Waals surface area contributed by atoms with Gasteiger partial charge in [0.05, 0.1) is 28.5 Å². The van der Waals surface area contributed by atoms with Gasteiger partial charge in [-0.1, -0.05) is 29.3 Å². The van der Waals surface area contributed by atoms with Crippen molar-refractivity contribution in [3.63, 3.8) is 0 Å². The van der Waals surface area contributed by atoms with Crippen LogP contribution >= 0.6 is 34.5 Å². The second-order valence-corrected chi connectivity index (χ2v) is 11.4. The van der Waals surface area contributed by atoms with Gasteiger partial charge in [0.2, 0.25) is 0 Å². The Morgan fingerprint density at radius 3 is 2.16 bits per heavy atom. The van der Waals surface area contributed by atoms with E-state index >= 15 is 0 Å². The highest BCUT2D eigenvalue weighted by molar-refractivity contribution is 7.94. The average molecular weight is 526 g/mol. The SMILES string of the molecule is COOCc1ccc(S(=O)(=O)Nc2cc(Cl)c(Cl)cc2NS(=O)(=O)c2cccs2)n1C. The van der Waals surface area contributed by atoms with Gasteiger partial charge in [0, 0.05) is 12.7 Å². The molecule has 2 heterocycles. The van der Waals surface area contributed by atoms with Crippen molar-refractivity contribution in [3.8, 4) is 0 Å². The van der Waals surface area contributed by atoms with Crippen LogP contribution in [0.4, 0.5) is 11.4 Å². The molecule has 0 saturated carbocycles. The summed E-state index contributed by atoms with van der Waals surface area (Å²) < 4.78 is 57.4. The van der Waals surface area contributed by atoms with Crippen LogP contribution in [0.5, 0.6) is 0 Å². The number of hydrogen-bond acceptors (Lipinski definition) is 7. The smallest absolute Gasteiger partial charge is 0.277 e. The summed E-state index contributed by atoms with van der Waals surface area (Å²) in [6.07, 6.45) is 0. The quantitative estimate of drug-likeness (QED) is 0.321. The minimum atomic E-state index is -4.13. The maximum atomic E-state index is 13.0. The lowest BCUT2D eigenvalue weighted by atomic mass is 10.3. The zero-order chi connectivity index (χ0) is 22.8. The molecule has 3 aromatic rings. The molecule has 0 fully saturated rings. The van der Waals surface area contributed by atoms with Crippen molar-refractivity contribution in [3.05, 3.63) is 57.5 Å². The summed E-state index contributed by atoms with van der Waals surface area (Å²) in [6.45, 7) is 0.0289. The molecular formula is C17H17Cl2N3O6S3. The minimum Gasteiger partial charge on any atom is -0.335 e. The Bertz CT molecular complexity index is 1290. The average Bonchev–Trinajstić information content (AvgIpc) is 3.34. The fourth-order valence-corrected chi connectivity index (χ4v) is 6.27. The maximum Gasteiger partial charge on any atom is 0.277 e. The van der Waals surface area contributed by atoms with Gasteiger partial charge in [0.25, 0.3) is 20.0 Å². The predicted molar refractivity (Wildman–Crippen MR) is 120 cm³/mol. The number of hydrogen-bond donors (Lipinski definition) is 2. The van der Waals surface area contributed by atoms with Crippen molar-refractivity contribution in [2.45, 2.75) is 15.8 Å². The molecule has 2 N–H and O–H groups in total. The fraction of sp³-hybridized carbons (Fsp3) is 0.176. The highest BCUT2D eigenvalue weighted by Crippen LogP contribution is 2.35. The van der Waals surface area contributed by atoms with E-state index in [0.717, 1.165) is 11.3 Å². The van der Waals surface area contributed by atoms with E-state index in [9.17, 15) is 16.8 Å². The Balaban J connectivity index is 1.97. The first-order chi connectivity index (χ1) is 14.5. The van der Waals surface area contributed by atoms with Crippen LogP contribution in [0.3, 0.4) is 0 Å². The molecule has 9 nitrogen and oxygen atoms in total. The molecule has 2 aromatic heterocycles. The summed E-state index contributed by atoms with van der Waals surface area (Å²) in [7, 11) is -5.21. The van der Waals surface area contributed by atoms with E-state index in [-0.39, 0.29) is 37.3 Å². The molecule has 14 heteroatoms. The van der Waals surface area contributed by atoms with Gasteiger partial charge in [-0.15, -0.1) is 11.3 Å². The molecule has 1 aromatic carbocycles. The van der Waals surface area contributed by atoms with Gasteiger partial charge < -0.3 is 4.57 Å². The molecule has 0 aliphatic carbocycles. The van der Waals surface area contributed by atoms with Gasteiger partial charge in [-0.25, -0.2) is 18.2 Å². The molecule has 0 atom stereocenters. The van der Waals surface area contributed by atoms with E-state index in [1.54, 1.807) is 17.5 Å². The van der Waals surface area contributed by atoms with E-state index in [4.69, 9.17) is 28.1 Å². The molecule has 0 saturated heterocycles. The third kappa shape index (κ3) is 5.34. The topological polar surface area (TPSA) is 116 Å². The summed E-state index contributed by atoms with van der Waals surface area (Å²) in [5, 5.41) is 1.61. The van der Waals surface area contributed by atoms with Crippen LogP contribution in [0.25, 0.3) is 0 Å². The molecule has 168 valence electrons. The maximum absolute atomic E-state index is 13.0. The van der Waals surface area contributed by atoms with Crippen LogP contribution in [0.15, 0.2) is 51.0 Å². The van der Waals surface area contributed by atoms with Gasteiger partial charge in [0.1, 0.15) is 10.8 Å². The van der Waals surface area contributed by atoms with E-state index in [1.165, 1.54) is 43.0 Å². The van der Waals surface area contributed by atoms with Crippen LogP contribution in [-0.2, 0) is 43.5 Å².